The molecule has 1 aliphatic carbocycles. The van der Waals surface area contributed by atoms with Gasteiger partial charge in [-0.15, -0.1) is 4.36 Å². The zero-order chi connectivity index (χ0) is 37.0. The molecule has 2 fully saturated rings. The SMILES string of the molecule is CO[C@H]1/C=C/C[C@H](C)CS(=O)(NC(=O)N2CC(Oc3ccccn3)C2)=NC(=O)c2ccc3c(c2)N(Cc2ccc(Cl)cc2CCCCO3)C[C@@H]2CC[C@H]21. The van der Waals surface area contributed by atoms with E-state index in [1.165, 1.54) is 16.0 Å². The van der Waals surface area contributed by atoms with Crippen molar-refractivity contribution >= 4 is 39.1 Å². The fraction of sp³-hybridized carbons (Fsp3) is 0.475. The van der Waals surface area contributed by atoms with Crippen molar-refractivity contribution in [3.8, 4) is 11.6 Å². The summed E-state index contributed by atoms with van der Waals surface area (Å²) in [6.45, 7) is 4.39. The first-order valence-electron chi connectivity index (χ1n) is 18.6. The number of hydrogen-bond acceptors (Lipinski definition) is 8. The minimum Gasteiger partial charge on any atom is -0.491 e. The number of urea groups is 1. The zero-order valence-electron chi connectivity index (χ0n) is 30.3. The molecule has 11 nitrogen and oxygen atoms in total. The van der Waals surface area contributed by atoms with Crippen LogP contribution in [0, 0.1) is 17.8 Å². The summed E-state index contributed by atoms with van der Waals surface area (Å²) in [7, 11) is -1.78. The lowest BCUT2D eigenvalue weighted by Gasteiger charge is -2.43. The maximum Gasteiger partial charge on any atom is 0.330 e. The van der Waals surface area contributed by atoms with Crippen molar-refractivity contribution in [3.63, 3.8) is 0 Å². The third-order valence-electron chi connectivity index (χ3n) is 10.7. The van der Waals surface area contributed by atoms with Gasteiger partial charge in [0, 0.05) is 43.0 Å². The predicted molar refractivity (Wildman–Crippen MR) is 206 cm³/mol. The molecule has 0 radical (unpaired) electrons. The van der Waals surface area contributed by atoms with Crippen LogP contribution in [0.3, 0.4) is 0 Å². The number of nitrogens with one attached hydrogen (secondary N) is 1. The molecule has 3 aromatic rings. The quantitative estimate of drug-likeness (QED) is 0.280. The van der Waals surface area contributed by atoms with E-state index in [1.807, 2.05) is 31.2 Å². The van der Waals surface area contributed by atoms with E-state index < -0.39 is 21.9 Å². The number of amides is 3. The van der Waals surface area contributed by atoms with Crippen molar-refractivity contribution in [2.24, 2.45) is 22.1 Å². The summed E-state index contributed by atoms with van der Waals surface area (Å²) >= 11 is 6.47. The topological polar surface area (TPSA) is 123 Å². The minimum absolute atomic E-state index is 0.000251. The lowest BCUT2D eigenvalue weighted by Crippen LogP contribution is -2.59. The van der Waals surface area contributed by atoms with Crippen LogP contribution in [0.15, 0.2) is 77.3 Å². The van der Waals surface area contributed by atoms with Crippen molar-refractivity contribution in [2.45, 2.75) is 64.2 Å². The Morgan fingerprint density at radius 1 is 1.06 bits per heavy atom. The van der Waals surface area contributed by atoms with Gasteiger partial charge in [-0.25, -0.2) is 14.0 Å². The Kier molecular flexibility index (Phi) is 11.6. The van der Waals surface area contributed by atoms with E-state index in [2.05, 4.69) is 43.3 Å². The molecule has 2 aromatic carbocycles. The van der Waals surface area contributed by atoms with Crippen molar-refractivity contribution in [1.82, 2.24) is 14.6 Å². The molecule has 3 amide bonds. The van der Waals surface area contributed by atoms with Crippen LogP contribution in [-0.2, 0) is 27.6 Å². The third-order valence-corrected chi connectivity index (χ3v) is 12.9. The van der Waals surface area contributed by atoms with E-state index in [0.29, 0.717) is 61.1 Å². The zero-order valence-corrected chi connectivity index (χ0v) is 31.9. The molecular formula is C40H48ClN5O6S. The highest BCUT2D eigenvalue weighted by atomic mass is 35.5. The molecule has 53 heavy (non-hydrogen) atoms. The molecule has 4 heterocycles. The van der Waals surface area contributed by atoms with Gasteiger partial charge in [-0.05, 0) is 104 Å². The first-order chi connectivity index (χ1) is 25.7. The first kappa shape index (κ1) is 37.2. The van der Waals surface area contributed by atoms with Crippen molar-refractivity contribution < 1.29 is 28.0 Å². The monoisotopic (exact) mass is 761 g/mol. The summed E-state index contributed by atoms with van der Waals surface area (Å²) in [4.78, 5) is 35.5. The first-order valence-corrected chi connectivity index (χ1v) is 20.6. The standard InChI is InChI=1S/C40H48ClN5O6S/c1-27-8-7-10-36(50-2)34-16-13-31(34)23-45-22-30-12-15-32(41)20-28(30)9-4-6-19-51-37-17-14-29(21-35(37)45)39(47)43-53(49,26-27)44-40(48)46-24-33(25-46)52-38-11-3-5-18-42-38/h3,5,7,10-12,14-15,17-18,20-21,27,31,33-34,36H,4,6,8-9,13,16,19,22-26H2,1-2H3,(H,43,44,47,48,49)/b10-7+/t27-,31-,34+,36-,53?/m0/s1. The Balaban J connectivity index is 1.22. The second-order valence-corrected chi connectivity index (χ2v) is 17.1. The lowest BCUT2D eigenvalue weighted by molar-refractivity contribution is 0.0133. The van der Waals surface area contributed by atoms with Gasteiger partial charge < -0.3 is 24.0 Å². The predicted octanol–water partition coefficient (Wildman–Crippen LogP) is 7.09. The minimum atomic E-state index is -3.54. The largest absolute Gasteiger partial charge is 0.491 e. The van der Waals surface area contributed by atoms with Gasteiger partial charge in [0.15, 0.2) is 0 Å². The molecule has 1 unspecified atom stereocenters. The van der Waals surface area contributed by atoms with Crippen molar-refractivity contribution in [3.05, 3.63) is 94.7 Å². The van der Waals surface area contributed by atoms with Gasteiger partial charge in [-0.3, -0.25) is 9.52 Å². The van der Waals surface area contributed by atoms with Gasteiger partial charge in [-0.1, -0.05) is 42.8 Å². The highest BCUT2D eigenvalue weighted by Gasteiger charge is 2.38. The van der Waals surface area contributed by atoms with Gasteiger partial charge in [0.25, 0.3) is 5.91 Å². The fourth-order valence-corrected chi connectivity index (χ4v) is 9.72. The number of pyridine rings is 1. The lowest BCUT2D eigenvalue weighted by atomic mass is 9.70. The van der Waals surface area contributed by atoms with E-state index >= 15 is 0 Å². The summed E-state index contributed by atoms with van der Waals surface area (Å²) in [5.41, 5.74) is 3.44. The molecule has 1 saturated carbocycles. The van der Waals surface area contributed by atoms with Gasteiger partial charge in [0.05, 0.1) is 37.2 Å². The Morgan fingerprint density at radius 2 is 1.92 bits per heavy atom. The normalized spacial score (nSPS) is 27.3. The second kappa shape index (κ2) is 16.5. The fourth-order valence-electron chi connectivity index (χ4n) is 7.64. The van der Waals surface area contributed by atoms with Crippen LogP contribution in [0.1, 0.15) is 60.5 Å². The molecular weight excluding hydrogens is 714 g/mol. The Bertz CT molecular complexity index is 1950. The number of carbonyl (C=O) groups is 2. The van der Waals surface area contributed by atoms with Crippen molar-refractivity contribution in [1.29, 1.82) is 0 Å². The number of rotatable bonds is 4. The van der Waals surface area contributed by atoms with Crippen LogP contribution in [0.25, 0.3) is 0 Å². The smallest absolute Gasteiger partial charge is 0.330 e. The Labute approximate surface area is 317 Å². The van der Waals surface area contributed by atoms with E-state index in [4.69, 9.17) is 25.8 Å². The number of likely N-dealkylation sites (tertiary alicyclic amines) is 1. The number of anilines is 1. The van der Waals surface area contributed by atoms with Gasteiger partial charge in [-0.2, -0.15) is 0 Å². The van der Waals surface area contributed by atoms with Crippen molar-refractivity contribution in [2.75, 3.05) is 44.0 Å². The number of carbonyl (C=O) groups excluding carboxylic acids is 2. The molecule has 282 valence electrons. The molecule has 2 bridgehead atoms. The number of aryl methyl sites for hydroxylation is 1. The number of allylic oxidation sites excluding steroid dienone is 1. The molecule has 7 rings (SSSR count). The molecule has 13 heteroatoms. The Morgan fingerprint density at radius 3 is 2.70 bits per heavy atom. The van der Waals surface area contributed by atoms with Gasteiger partial charge in [0.2, 0.25) is 5.88 Å². The van der Waals surface area contributed by atoms with Crippen LogP contribution in [0.2, 0.25) is 5.02 Å². The van der Waals surface area contributed by atoms with Crippen LogP contribution < -0.4 is 19.1 Å². The summed E-state index contributed by atoms with van der Waals surface area (Å²) in [6, 6.07) is 16.2. The highest BCUT2D eigenvalue weighted by molar-refractivity contribution is 7.92. The molecule has 1 N–H and O–H groups in total. The summed E-state index contributed by atoms with van der Waals surface area (Å²) in [6.07, 6.45) is 10.9. The summed E-state index contributed by atoms with van der Waals surface area (Å²) in [5, 5.41) is 0.711. The number of nitrogens with zero attached hydrogens (tertiary/aromatic N) is 4. The molecule has 1 aromatic heterocycles. The average Bonchev–Trinajstić information content (AvgIpc) is 3.13. The third kappa shape index (κ3) is 8.99. The molecule has 3 aliphatic heterocycles. The number of ether oxygens (including phenoxy) is 3. The Hall–Kier alpha value is -4.13. The number of halogens is 1. The molecule has 0 spiro atoms. The maximum atomic E-state index is 14.6. The van der Waals surface area contributed by atoms with E-state index in [0.717, 1.165) is 44.3 Å². The number of aromatic nitrogens is 1. The number of fused-ring (bicyclic) bond motifs is 3. The maximum absolute atomic E-state index is 14.6. The van der Waals surface area contributed by atoms with E-state index in [-0.39, 0.29) is 29.4 Å². The molecule has 1 saturated heterocycles. The number of hydrogen-bond donors (Lipinski definition) is 1. The van der Waals surface area contributed by atoms with E-state index in [1.54, 1.807) is 31.5 Å². The second-order valence-electron chi connectivity index (χ2n) is 14.7. The van der Waals surface area contributed by atoms with Crippen LogP contribution >= 0.6 is 11.6 Å². The molecule has 4 aliphatic rings. The van der Waals surface area contributed by atoms with Crippen LogP contribution in [-0.4, -0.2) is 77.3 Å². The molecule has 5 atom stereocenters. The number of methoxy groups -OCH3 is 1. The summed E-state index contributed by atoms with van der Waals surface area (Å²) < 4.78 is 39.8. The van der Waals surface area contributed by atoms with Gasteiger partial charge >= 0.3 is 6.03 Å². The van der Waals surface area contributed by atoms with Gasteiger partial charge in [0.1, 0.15) is 21.8 Å². The summed E-state index contributed by atoms with van der Waals surface area (Å²) in [5.74, 6) is 1.02. The van der Waals surface area contributed by atoms with Crippen LogP contribution in [0.5, 0.6) is 11.6 Å². The highest BCUT2D eigenvalue weighted by Crippen LogP contribution is 2.42. The van der Waals surface area contributed by atoms with Crippen LogP contribution in [0.4, 0.5) is 10.5 Å². The average molecular weight is 762 g/mol. The van der Waals surface area contributed by atoms with E-state index in [9.17, 15) is 13.8 Å². The number of benzene rings is 2.